The standard InChI is InChI=1S/C16H17ClN2O/c1-2-19(12-11-13-7-4-3-5-8-13)16(20)14-9-6-10-15(17)18-14/h3-10H,2,11-12H2,1H3. The number of carbonyl (C=O) groups is 1. The summed E-state index contributed by atoms with van der Waals surface area (Å²) < 4.78 is 0. The lowest BCUT2D eigenvalue weighted by molar-refractivity contribution is 0.0760. The topological polar surface area (TPSA) is 33.2 Å². The van der Waals surface area contributed by atoms with Gasteiger partial charge in [0.1, 0.15) is 10.8 Å². The van der Waals surface area contributed by atoms with E-state index in [9.17, 15) is 4.79 Å². The van der Waals surface area contributed by atoms with Crippen molar-refractivity contribution < 1.29 is 4.79 Å². The van der Waals surface area contributed by atoms with Crippen LogP contribution in [0.4, 0.5) is 0 Å². The number of rotatable bonds is 5. The third-order valence-corrected chi connectivity index (χ3v) is 3.33. The van der Waals surface area contributed by atoms with Crippen molar-refractivity contribution in [3.05, 3.63) is 64.9 Å². The highest BCUT2D eigenvalue weighted by molar-refractivity contribution is 6.29. The quantitative estimate of drug-likeness (QED) is 0.790. The fourth-order valence-electron chi connectivity index (χ4n) is 2.00. The molecule has 2 aromatic rings. The van der Waals surface area contributed by atoms with Gasteiger partial charge in [0.05, 0.1) is 0 Å². The zero-order valence-corrected chi connectivity index (χ0v) is 12.2. The maximum absolute atomic E-state index is 12.4. The normalized spacial score (nSPS) is 10.3. The first-order valence-electron chi connectivity index (χ1n) is 6.66. The Morgan fingerprint density at radius 2 is 1.90 bits per heavy atom. The van der Waals surface area contributed by atoms with Gasteiger partial charge in [0, 0.05) is 13.1 Å². The molecule has 0 aliphatic heterocycles. The summed E-state index contributed by atoms with van der Waals surface area (Å²) in [7, 11) is 0. The Labute approximate surface area is 124 Å². The maximum atomic E-state index is 12.4. The second-order valence-electron chi connectivity index (χ2n) is 4.47. The molecule has 3 nitrogen and oxygen atoms in total. The van der Waals surface area contributed by atoms with E-state index in [1.165, 1.54) is 5.56 Å². The number of likely N-dealkylation sites (N-methyl/N-ethyl adjacent to an activating group) is 1. The van der Waals surface area contributed by atoms with Crippen LogP contribution in [0.25, 0.3) is 0 Å². The van der Waals surface area contributed by atoms with Gasteiger partial charge in [-0.25, -0.2) is 4.98 Å². The second kappa shape index (κ2) is 7.06. The molecule has 4 heteroatoms. The van der Waals surface area contributed by atoms with Gasteiger partial charge in [-0.3, -0.25) is 4.79 Å². The molecule has 0 spiro atoms. The Hall–Kier alpha value is -1.87. The number of hydrogen-bond acceptors (Lipinski definition) is 2. The molecule has 0 bridgehead atoms. The van der Waals surface area contributed by atoms with Crippen LogP contribution in [-0.4, -0.2) is 28.9 Å². The number of carbonyl (C=O) groups excluding carboxylic acids is 1. The van der Waals surface area contributed by atoms with Gasteiger partial charge >= 0.3 is 0 Å². The molecule has 1 heterocycles. The molecule has 0 aliphatic carbocycles. The van der Waals surface area contributed by atoms with Crippen LogP contribution < -0.4 is 0 Å². The van der Waals surface area contributed by atoms with Crippen molar-refractivity contribution in [3.63, 3.8) is 0 Å². The molecule has 1 amide bonds. The molecule has 20 heavy (non-hydrogen) atoms. The molecule has 1 aromatic heterocycles. The monoisotopic (exact) mass is 288 g/mol. The Morgan fingerprint density at radius 1 is 1.15 bits per heavy atom. The Bertz CT molecular complexity index is 572. The van der Waals surface area contributed by atoms with E-state index in [2.05, 4.69) is 17.1 Å². The molecule has 0 aliphatic rings. The van der Waals surface area contributed by atoms with Gasteiger partial charge < -0.3 is 4.90 Å². The molecular weight excluding hydrogens is 272 g/mol. The number of halogens is 1. The molecule has 0 saturated heterocycles. The number of nitrogens with zero attached hydrogens (tertiary/aromatic N) is 2. The first kappa shape index (κ1) is 14.5. The first-order valence-corrected chi connectivity index (χ1v) is 7.04. The van der Waals surface area contributed by atoms with Crippen molar-refractivity contribution in [2.45, 2.75) is 13.3 Å². The molecule has 0 unspecified atom stereocenters. The summed E-state index contributed by atoms with van der Waals surface area (Å²) in [5.41, 5.74) is 1.62. The van der Waals surface area contributed by atoms with Gasteiger partial charge in [-0.2, -0.15) is 0 Å². The van der Waals surface area contributed by atoms with Gasteiger partial charge in [-0.15, -0.1) is 0 Å². The van der Waals surface area contributed by atoms with Crippen molar-refractivity contribution in [1.82, 2.24) is 9.88 Å². The summed E-state index contributed by atoms with van der Waals surface area (Å²) in [6, 6.07) is 15.2. The summed E-state index contributed by atoms with van der Waals surface area (Å²) >= 11 is 5.83. The molecular formula is C16H17ClN2O. The fraction of sp³-hybridized carbons (Fsp3) is 0.250. The third kappa shape index (κ3) is 3.81. The molecule has 0 N–H and O–H groups in total. The van der Waals surface area contributed by atoms with Crippen molar-refractivity contribution in [3.8, 4) is 0 Å². The van der Waals surface area contributed by atoms with Crippen LogP contribution in [0, 0.1) is 0 Å². The van der Waals surface area contributed by atoms with Crippen molar-refractivity contribution in [2.75, 3.05) is 13.1 Å². The van der Waals surface area contributed by atoms with Crippen LogP contribution in [0.1, 0.15) is 23.0 Å². The summed E-state index contributed by atoms with van der Waals surface area (Å²) in [4.78, 5) is 18.2. The highest BCUT2D eigenvalue weighted by atomic mass is 35.5. The summed E-state index contributed by atoms with van der Waals surface area (Å²) in [5.74, 6) is -0.0778. The molecule has 0 fully saturated rings. The minimum absolute atomic E-state index is 0.0778. The van der Waals surface area contributed by atoms with Gasteiger partial charge in [0.2, 0.25) is 0 Å². The fourth-order valence-corrected chi connectivity index (χ4v) is 2.17. The zero-order chi connectivity index (χ0) is 14.4. The van der Waals surface area contributed by atoms with Gasteiger partial charge in [-0.1, -0.05) is 48.0 Å². The van der Waals surface area contributed by atoms with Crippen LogP contribution in [0.2, 0.25) is 5.15 Å². The SMILES string of the molecule is CCN(CCc1ccccc1)C(=O)c1cccc(Cl)n1. The largest absolute Gasteiger partial charge is 0.337 e. The smallest absolute Gasteiger partial charge is 0.272 e. The van der Waals surface area contributed by atoms with E-state index in [4.69, 9.17) is 11.6 Å². The van der Waals surface area contributed by atoms with Gasteiger partial charge in [-0.05, 0) is 31.0 Å². The van der Waals surface area contributed by atoms with Crippen molar-refractivity contribution >= 4 is 17.5 Å². The van der Waals surface area contributed by atoms with Crippen molar-refractivity contribution in [2.24, 2.45) is 0 Å². The zero-order valence-electron chi connectivity index (χ0n) is 11.4. The number of amides is 1. The van der Waals surface area contributed by atoms with Crippen LogP contribution in [0.3, 0.4) is 0 Å². The Balaban J connectivity index is 2.03. The number of pyridine rings is 1. The molecule has 2 rings (SSSR count). The first-order chi connectivity index (χ1) is 9.70. The lowest BCUT2D eigenvalue weighted by Crippen LogP contribution is -2.33. The average molecular weight is 289 g/mol. The Kier molecular flexibility index (Phi) is 5.13. The van der Waals surface area contributed by atoms with E-state index in [-0.39, 0.29) is 5.91 Å². The van der Waals surface area contributed by atoms with Gasteiger partial charge in [0.25, 0.3) is 5.91 Å². The number of aromatic nitrogens is 1. The average Bonchev–Trinajstić information content (AvgIpc) is 2.48. The Morgan fingerprint density at radius 3 is 2.55 bits per heavy atom. The lowest BCUT2D eigenvalue weighted by Gasteiger charge is -2.20. The maximum Gasteiger partial charge on any atom is 0.272 e. The van der Waals surface area contributed by atoms with Crippen LogP contribution in [0.5, 0.6) is 0 Å². The molecule has 0 atom stereocenters. The predicted molar refractivity (Wildman–Crippen MR) is 81.0 cm³/mol. The van der Waals surface area contributed by atoms with E-state index in [0.717, 1.165) is 6.42 Å². The van der Waals surface area contributed by atoms with Crippen LogP contribution in [0.15, 0.2) is 48.5 Å². The minimum atomic E-state index is -0.0778. The van der Waals surface area contributed by atoms with E-state index >= 15 is 0 Å². The molecule has 1 aromatic carbocycles. The van der Waals surface area contributed by atoms with E-state index in [1.807, 2.05) is 25.1 Å². The third-order valence-electron chi connectivity index (χ3n) is 3.12. The lowest BCUT2D eigenvalue weighted by atomic mass is 10.1. The summed E-state index contributed by atoms with van der Waals surface area (Å²) in [6.07, 6.45) is 0.834. The molecule has 104 valence electrons. The highest BCUT2D eigenvalue weighted by Crippen LogP contribution is 2.09. The molecule has 0 saturated carbocycles. The second-order valence-corrected chi connectivity index (χ2v) is 4.85. The van der Waals surface area contributed by atoms with Crippen LogP contribution in [-0.2, 0) is 6.42 Å². The van der Waals surface area contributed by atoms with E-state index in [0.29, 0.717) is 23.9 Å². The van der Waals surface area contributed by atoms with E-state index < -0.39 is 0 Å². The number of benzene rings is 1. The highest BCUT2D eigenvalue weighted by Gasteiger charge is 2.15. The predicted octanol–water partition coefficient (Wildman–Crippen LogP) is 3.44. The number of hydrogen-bond donors (Lipinski definition) is 0. The molecule has 0 radical (unpaired) electrons. The summed E-state index contributed by atoms with van der Waals surface area (Å²) in [5, 5.41) is 0.343. The minimum Gasteiger partial charge on any atom is -0.337 e. The summed E-state index contributed by atoms with van der Waals surface area (Å²) in [6.45, 7) is 3.29. The van der Waals surface area contributed by atoms with Crippen LogP contribution >= 0.6 is 11.6 Å². The van der Waals surface area contributed by atoms with Crippen molar-refractivity contribution in [1.29, 1.82) is 0 Å². The van der Waals surface area contributed by atoms with Gasteiger partial charge in [0.15, 0.2) is 0 Å². The van der Waals surface area contributed by atoms with E-state index in [1.54, 1.807) is 23.1 Å².